The Morgan fingerprint density at radius 1 is 1.17 bits per heavy atom. The van der Waals surface area contributed by atoms with Crippen LogP contribution in [-0.4, -0.2) is 48.6 Å². The first-order valence-corrected chi connectivity index (χ1v) is 9.14. The third-order valence-corrected chi connectivity index (χ3v) is 4.01. The van der Waals surface area contributed by atoms with E-state index in [1.54, 1.807) is 6.92 Å². The molecule has 0 saturated heterocycles. The first-order chi connectivity index (χ1) is 14.0. The van der Waals surface area contributed by atoms with E-state index in [0.717, 1.165) is 5.56 Å². The Hall–Kier alpha value is -3.52. The molecule has 0 aromatic heterocycles. The number of carbonyl (C=O) groups is 2. The summed E-state index contributed by atoms with van der Waals surface area (Å²) >= 11 is 0. The van der Waals surface area contributed by atoms with Gasteiger partial charge in [-0.2, -0.15) is 0 Å². The van der Waals surface area contributed by atoms with E-state index in [0.29, 0.717) is 27.9 Å². The highest BCUT2D eigenvalue weighted by Gasteiger charge is 2.18. The van der Waals surface area contributed by atoms with Gasteiger partial charge in [0.15, 0.2) is 0 Å². The van der Waals surface area contributed by atoms with Crippen molar-refractivity contribution in [3.05, 3.63) is 59.7 Å². The number of nitrogens with zero attached hydrogens (tertiary/aromatic N) is 1. The summed E-state index contributed by atoms with van der Waals surface area (Å²) in [6, 6.07) is 14.0. The molecule has 0 atom stereocenters. The van der Waals surface area contributed by atoms with Crippen LogP contribution in [0.4, 0.5) is 4.79 Å². The largest absolute Gasteiger partial charge is 0.489 e. The van der Waals surface area contributed by atoms with E-state index in [2.05, 4.69) is 5.32 Å². The molecule has 1 heterocycles. The number of benzene rings is 2. The topological polar surface area (TPSA) is 97.3 Å². The lowest BCUT2D eigenvalue weighted by molar-refractivity contribution is -0.142. The summed E-state index contributed by atoms with van der Waals surface area (Å²) in [5, 5.41) is 12.7. The van der Waals surface area contributed by atoms with Crippen LogP contribution in [0.1, 0.15) is 12.5 Å². The number of amides is 2. The maximum atomic E-state index is 11.9. The standard InChI is InChI=1S/C21H22N2O6/c1-2-27-20(24)12-22-21(25)23(26)13-15-10-16-11-18(8-9-19(16)28-14-15)29-17-6-4-3-5-7-17/h3-11,26H,2,12-14H2,1H3,(H,22,25). The fraction of sp³-hybridized carbons (Fsp3) is 0.238. The smallest absolute Gasteiger partial charge is 0.341 e. The van der Waals surface area contributed by atoms with Crippen LogP contribution < -0.4 is 14.8 Å². The Balaban J connectivity index is 1.61. The predicted molar refractivity (Wildman–Crippen MR) is 105 cm³/mol. The summed E-state index contributed by atoms with van der Waals surface area (Å²) in [7, 11) is 0. The molecule has 0 saturated carbocycles. The van der Waals surface area contributed by atoms with Crippen LogP contribution in [0.15, 0.2) is 54.1 Å². The molecule has 0 fully saturated rings. The minimum absolute atomic E-state index is 0.0716. The van der Waals surface area contributed by atoms with E-state index < -0.39 is 12.0 Å². The molecule has 152 valence electrons. The number of hydroxylamine groups is 2. The van der Waals surface area contributed by atoms with Gasteiger partial charge in [-0.3, -0.25) is 10.0 Å². The van der Waals surface area contributed by atoms with Gasteiger partial charge in [0, 0.05) is 5.56 Å². The Morgan fingerprint density at radius 2 is 1.97 bits per heavy atom. The second-order valence-electron chi connectivity index (χ2n) is 6.23. The molecule has 3 rings (SSSR count). The molecular weight excluding hydrogens is 376 g/mol. The van der Waals surface area contributed by atoms with Crippen molar-refractivity contribution in [3.63, 3.8) is 0 Å². The maximum Gasteiger partial charge on any atom is 0.341 e. The number of esters is 1. The predicted octanol–water partition coefficient (Wildman–Crippen LogP) is 3.22. The van der Waals surface area contributed by atoms with Crippen molar-refractivity contribution in [1.29, 1.82) is 0 Å². The monoisotopic (exact) mass is 398 g/mol. The molecule has 0 bridgehead atoms. The van der Waals surface area contributed by atoms with Crippen molar-refractivity contribution in [1.82, 2.24) is 10.4 Å². The zero-order valence-corrected chi connectivity index (χ0v) is 16.0. The third-order valence-electron chi connectivity index (χ3n) is 4.01. The average molecular weight is 398 g/mol. The lowest BCUT2D eigenvalue weighted by Gasteiger charge is -2.22. The first-order valence-electron chi connectivity index (χ1n) is 9.14. The number of fused-ring (bicyclic) bond motifs is 1. The molecule has 8 heteroatoms. The highest BCUT2D eigenvalue weighted by Crippen LogP contribution is 2.32. The van der Waals surface area contributed by atoms with Crippen molar-refractivity contribution in [2.24, 2.45) is 0 Å². The van der Waals surface area contributed by atoms with Gasteiger partial charge in [0.1, 0.15) is 30.4 Å². The van der Waals surface area contributed by atoms with Crippen molar-refractivity contribution in [2.45, 2.75) is 6.92 Å². The fourth-order valence-corrected chi connectivity index (χ4v) is 2.70. The summed E-state index contributed by atoms with van der Waals surface area (Å²) in [6.45, 7) is 1.73. The van der Waals surface area contributed by atoms with Crippen LogP contribution in [0, 0.1) is 0 Å². The highest BCUT2D eigenvalue weighted by molar-refractivity contribution is 5.80. The van der Waals surface area contributed by atoms with E-state index in [4.69, 9.17) is 14.2 Å². The van der Waals surface area contributed by atoms with Gasteiger partial charge in [0.05, 0.1) is 13.2 Å². The van der Waals surface area contributed by atoms with E-state index in [-0.39, 0.29) is 26.3 Å². The van der Waals surface area contributed by atoms with E-state index >= 15 is 0 Å². The molecule has 2 aromatic rings. The number of hydrogen-bond donors (Lipinski definition) is 2. The Kier molecular flexibility index (Phi) is 6.70. The van der Waals surface area contributed by atoms with Gasteiger partial charge < -0.3 is 19.5 Å². The third kappa shape index (κ3) is 5.73. The van der Waals surface area contributed by atoms with Crippen LogP contribution >= 0.6 is 0 Å². The molecule has 8 nitrogen and oxygen atoms in total. The normalized spacial score (nSPS) is 12.1. The zero-order chi connectivity index (χ0) is 20.6. The van der Waals surface area contributed by atoms with Crippen molar-refractivity contribution in [2.75, 3.05) is 26.3 Å². The summed E-state index contributed by atoms with van der Waals surface area (Å²) in [4.78, 5) is 23.2. The van der Waals surface area contributed by atoms with Gasteiger partial charge >= 0.3 is 12.0 Å². The number of para-hydroxylation sites is 1. The summed E-state index contributed by atoms with van der Waals surface area (Å²) in [5.74, 6) is 1.47. The van der Waals surface area contributed by atoms with E-state index in [1.807, 2.05) is 54.6 Å². The van der Waals surface area contributed by atoms with Gasteiger partial charge in [-0.1, -0.05) is 18.2 Å². The second kappa shape index (κ2) is 9.61. The molecule has 2 aromatic carbocycles. The Bertz CT molecular complexity index is 897. The van der Waals surface area contributed by atoms with Crippen LogP contribution in [0.5, 0.6) is 17.2 Å². The van der Waals surface area contributed by atoms with Gasteiger partial charge in [-0.15, -0.1) is 0 Å². The number of hydrogen-bond acceptors (Lipinski definition) is 6. The lowest BCUT2D eigenvalue weighted by atomic mass is 10.1. The van der Waals surface area contributed by atoms with Gasteiger partial charge in [0.2, 0.25) is 0 Å². The minimum Gasteiger partial charge on any atom is -0.489 e. The van der Waals surface area contributed by atoms with Gasteiger partial charge in [-0.25, -0.2) is 9.86 Å². The zero-order valence-electron chi connectivity index (χ0n) is 16.0. The van der Waals surface area contributed by atoms with Crippen LogP contribution in [0.25, 0.3) is 6.08 Å². The molecule has 0 unspecified atom stereocenters. The first kappa shape index (κ1) is 20.2. The maximum absolute atomic E-state index is 11.9. The molecular formula is C21H22N2O6. The molecule has 0 radical (unpaired) electrons. The molecule has 0 aliphatic carbocycles. The summed E-state index contributed by atoms with van der Waals surface area (Å²) < 4.78 is 16.2. The lowest BCUT2D eigenvalue weighted by Crippen LogP contribution is -2.41. The molecule has 2 amide bonds. The summed E-state index contributed by atoms with van der Waals surface area (Å²) in [6.07, 6.45) is 1.83. The minimum atomic E-state index is -0.800. The average Bonchev–Trinajstić information content (AvgIpc) is 2.72. The quantitative estimate of drug-likeness (QED) is 0.422. The number of carbonyl (C=O) groups excluding carboxylic acids is 2. The number of urea groups is 1. The molecule has 2 N–H and O–H groups in total. The number of ether oxygens (including phenoxy) is 3. The Morgan fingerprint density at radius 3 is 2.72 bits per heavy atom. The van der Waals surface area contributed by atoms with Gasteiger partial charge in [0.25, 0.3) is 0 Å². The number of nitrogens with one attached hydrogen (secondary N) is 1. The molecule has 1 aliphatic rings. The molecule has 1 aliphatic heterocycles. The summed E-state index contributed by atoms with van der Waals surface area (Å²) in [5.41, 5.74) is 1.46. The van der Waals surface area contributed by atoms with E-state index in [1.165, 1.54) is 0 Å². The SMILES string of the molecule is CCOC(=O)CNC(=O)N(O)CC1=Cc2cc(Oc3ccccc3)ccc2OC1. The highest BCUT2D eigenvalue weighted by atomic mass is 16.5. The van der Waals surface area contributed by atoms with Crippen LogP contribution in [0.2, 0.25) is 0 Å². The van der Waals surface area contributed by atoms with Crippen molar-refractivity contribution in [3.8, 4) is 17.2 Å². The molecule has 29 heavy (non-hydrogen) atoms. The van der Waals surface area contributed by atoms with E-state index in [9.17, 15) is 14.8 Å². The molecule has 0 spiro atoms. The number of rotatable bonds is 7. The second-order valence-corrected chi connectivity index (χ2v) is 6.23. The van der Waals surface area contributed by atoms with Gasteiger partial charge in [-0.05, 0) is 48.9 Å². The fourth-order valence-electron chi connectivity index (χ4n) is 2.70. The van der Waals surface area contributed by atoms with Crippen molar-refractivity contribution >= 4 is 18.1 Å². The van der Waals surface area contributed by atoms with Crippen molar-refractivity contribution < 1.29 is 29.0 Å². The Labute approximate surface area is 168 Å². The van der Waals surface area contributed by atoms with Crippen LogP contribution in [-0.2, 0) is 9.53 Å². The van der Waals surface area contributed by atoms with Crippen LogP contribution in [0.3, 0.4) is 0 Å².